The number of nitrogens with zero attached hydrogens (tertiary/aromatic N) is 2. The molecule has 0 aromatic carbocycles. The first-order valence-electron chi connectivity index (χ1n) is 5.14. The molecule has 0 radical (unpaired) electrons. The van der Waals surface area contributed by atoms with Gasteiger partial charge in [0.25, 0.3) is 0 Å². The molecule has 6 nitrogen and oxygen atoms in total. The number of imide groups is 1. The molecule has 1 unspecified atom stereocenters. The second-order valence-corrected chi connectivity index (χ2v) is 3.81. The van der Waals surface area contributed by atoms with Crippen LogP contribution in [0, 0.1) is 11.3 Å². The van der Waals surface area contributed by atoms with Crippen molar-refractivity contribution in [2.45, 2.75) is 19.0 Å². The zero-order valence-corrected chi connectivity index (χ0v) is 9.27. The highest BCUT2D eigenvalue weighted by molar-refractivity contribution is 6.05. The number of hydrogen-bond donors (Lipinski definition) is 1. The molecule has 1 aromatic rings. The fraction of sp³-hybridized carbons (Fsp3) is 0.364. The van der Waals surface area contributed by atoms with Gasteiger partial charge in [-0.1, -0.05) is 0 Å². The van der Waals surface area contributed by atoms with Crippen LogP contribution in [0.15, 0.2) is 16.5 Å². The van der Waals surface area contributed by atoms with E-state index in [2.05, 4.69) is 5.32 Å². The SMILES string of the molecule is CN1C(=O)CC(NCc2ccc(C#N)o2)C1=O. The first-order valence-corrected chi connectivity index (χ1v) is 5.14. The number of amides is 2. The molecule has 1 aromatic heterocycles. The van der Waals surface area contributed by atoms with Gasteiger partial charge >= 0.3 is 0 Å². The third kappa shape index (κ3) is 2.19. The van der Waals surface area contributed by atoms with E-state index in [1.54, 1.807) is 12.1 Å². The summed E-state index contributed by atoms with van der Waals surface area (Å²) in [5.74, 6) is 0.371. The van der Waals surface area contributed by atoms with Crippen molar-refractivity contribution in [2.24, 2.45) is 0 Å². The van der Waals surface area contributed by atoms with Crippen LogP contribution in [0.3, 0.4) is 0 Å². The fourth-order valence-corrected chi connectivity index (χ4v) is 1.67. The zero-order chi connectivity index (χ0) is 12.4. The van der Waals surface area contributed by atoms with Crippen LogP contribution in [0.1, 0.15) is 17.9 Å². The molecular weight excluding hydrogens is 222 g/mol. The summed E-state index contributed by atoms with van der Waals surface area (Å²) >= 11 is 0. The van der Waals surface area contributed by atoms with E-state index < -0.39 is 6.04 Å². The number of rotatable bonds is 3. The third-order valence-electron chi connectivity index (χ3n) is 2.68. The van der Waals surface area contributed by atoms with Crippen LogP contribution in [-0.2, 0) is 16.1 Å². The van der Waals surface area contributed by atoms with Crippen molar-refractivity contribution in [1.82, 2.24) is 10.2 Å². The van der Waals surface area contributed by atoms with Crippen LogP contribution in [-0.4, -0.2) is 29.8 Å². The highest BCUT2D eigenvalue weighted by atomic mass is 16.3. The van der Waals surface area contributed by atoms with Crippen LogP contribution < -0.4 is 5.32 Å². The average molecular weight is 233 g/mol. The summed E-state index contributed by atoms with van der Waals surface area (Å²) in [6, 6.07) is 4.60. The van der Waals surface area contributed by atoms with Gasteiger partial charge in [-0.05, 0) is 12.1 Å². The number of hydrogen-bond acceptors (Lipinski definition) is 5. The van der Waals surface area contributed by atoms with Crippen molar-refractivity contribution >= 4 is 11.8 Å². The van der Waals surface area contributed by atoms with Crippen LogP contribution in [0.5, 0.6) is 0 Å². The Bertz CT molecular complexity index is 500. The van der Waals surface area contributed by atoms with Crippen LogP contribution in [0.2, 0.25) is 0 Å². The normalized spacial score (nSPS) is 19.8. The van der Waals surface area contributed by atoms with E-state index in [4.69, 9.17) is 9.68 Å². The summed E-state index contributed by atoms with van der Waals surface area (Å²) in [5, 5.41) is 11.5. The Balaban J connectivity index is 1.93. The number of likely N-dealkylation sites (N-methyl/N-ethyl adjacent to an activating group) is 1. The minimum atomic E-state index is -0.497. The zero-order valence-electron chi connectivity index (χ0n) is 9.27. The molecule has 0 aliphatic carbocycles. The highest BCUT2D eigenvalue weighted by Gasteiger charge is 2.35. The minimum absolute atomic E-state index is 0.168. The third-order valence-corrected chi connectivity index (χ3v) is 2.68. The molecule has 1 atom stereocenters. The number of carbonyl (C=O) groups is 2. The van der Waals surface area contributed by atoms with Gasteiger partial charge < -0.3 is 4.42 Å². The van der Waals surface area contributed by atoms with Crippen molar-refractivity contribution in [1.29, 1.82) is 5.26 Å². The Morgan fingerprint density at radius 2 is 2.35 bits per heavy atom. The summed E-state index contributed by atoms with van der Waals surface area (Å²) in [6.45, 7) is 0.319. The molecule has 0 saturated carbocycles. The lowest BCUT2D eigenvalue weighted by molar-refractivity contribution is -0.137. The summed E-state index contributed by atoms with van der Waals surface area (Å²) in [6.07, 6.45) is 0.168. The average Bonchev–Trinajstić information content (AvgIpc) is 2.88. The standard InChI is InChI=1S/C11H11N3O3/c1-14-10(15)4-9(11(14)16)13-6-8-3-2-7(5-12)17-8/h2-3,9,13H,4,6H2,1H3. The van der Waals surface area contributed by atoms with Gasteiger partial charge in [0.2, 0.25) is 17.6 Å². The first kappa shape index (κ1) is 11.4. The molecule has 17 heavy (non-hydrogen) atoms. The smallest absolute Gasteiger partial charge is 0.246 e. The van der Waals surface area contributed by atoms with Crippen molar-refractivity contribution in [3.05, 3.63) is 23.7 Å². The first-order chi connectivity index (χ1) is 8.11. The molecule has 1 fully saturated rings. The molecule has 88 valence electrons. The Kier molecular flexibility index (Phi) is 2.93. The number of nitrogens with one attached hydrogen (secondary N) is 1. The van der Waals surface area contributed by atoms with Gasteiger partial charge in [-0.3, -0.25) is 19.8 Å². The number of furan rings is 1. The number of likely N-dealkylation sites (tertiary alicyclic amines) is 1. The largest absolute Gasteiger partial charge is 0.449 e. The maximum atomic E-state index is 11.6. The van der Waals surface area contributed by atoms with Gasteiger partial charge in [-0.15, -0.1) is 0 Å². The quantitative estimate of drug-likeness (QED) is 0.742. The molecule has 2 amide bonds. The van der Waals surface area contributed by atoms with Gasteiger partial charge in [0.1, 0.15) is 11.8 Å². The minimum Gasteiger partial charge on any atom is -0.449 e. The molecule has 1 aliphatic rings. The summed E-state index contributed by atoms with van der Waals surface area (Å²) in [5.41, 5.74) is 0. The number of nitriles is 1. The second kappa shape index (κ2) is 4.39. The van der Waals surface area contributed by atoms with Gasteiger partial charge in [0.05, 0.1) is 19.0 Å². The number of carbonyl (C=O) groups excluding carboxylic acids is 2. The Hall–Kier alpha value is -2.13. The Morgan fingerprint density at radius 3 is 2.88 bits per heavy atom. The van der Waals surface area contributed by atoms with Crippen LogP contribution in [0.4, 0.5) is 0 Å². The maximum absolute atomic E-state index is 11.6. The van der Waals surface area contributed by atoms with E-state index in [1.807, 2.05) is 6.07 Å². The molecule has 0 bridgehead atoms. The maximum Gasteiger partial charge on any atom is 0.246 e. The van der Waals surface area contributed by atoms with Gasteiger partial charge in [0.15, 0.2) is 0 Å². The lowest BCUT2D eigenvalue weighted by atomic mass is 10.2. The molecule has 1 saturated heterocycles. The molecule has 2 rings (SSSR count). The second-order valence-electron chi connectivity index (χ2n) is 3.81. The van der Waals surface area contributed by atoms with E-state index in [-0.39, 0.29) is 24.0 Å². The van der Waals surface area contributed by atoms with Crippen LogP contribution in [0.25, 0.3) is 0 Å². The lowest BCUT2D eigenvalue weighted by Crippen LogP contribution is -2.36. The van der Waals surface area contributed by atoms with E-state index in [0.29, 0.717) is 12.3 Å². The summed E-state index contributed by atoms with van der Waals surface area (Å²) < 4.78 is 5.15. The fourth-order valence-electron chi connectivity index (χ4n) is 1.67. The Morgan fingerprint density at radius 1 is 1.59 bits per heavy atom. The van der Waals surface area contributed by atoms with E-state index in [1.165, 1.54) is 7.05 Å². The van der Waals surface area contributed by atoms with Crippen molar-refractivity contribution in [3.8, 4) is 6.07 Å². The summed E-state index contributed by atoms with van der Waals surface area (Å²) in [4.78, 5) is 23.9. The summed E-state index contributed by atoms with van der Waals surface area (Å²) in [7, 11) is 1.47. The predicted octanol–water partition coefficient (Wildman–Crippen LogP) is -0.00182. The Labute approximate surface area is 97.8 Å². The van der Waals surface area contributed by atoms with Crippen molar-refractivity contribution < 1.29 is 14.0 Å². The monoisotopic (exact) mass is 233 g/mol. The van der Waals surface area contributed by atoms with Gasteiger partial charge in [0, 0.05) is 7.05 Å². The molecule has 1 N–H and O–H groups in total. The molecular formula is C11H11N3O3. The van der Waals surface area contributed by atoms with E-state index in [0.717, 1.165) is 4.90 Å². The molecule has 0 spiro atoms. The molecule has 6 heteroatoms. The van der Waals surface area contributed by atoms with E-state index in [9.17, 15) is 9.59 Å². The topological polar surface area (TPSA) is 86.3 Å². The van der Waals surface area contributed by atoms with Crippen molar-refractivity contribution in [3.63, 3.8) is 0 Å². The molecule has 2 heterocycles. The lowest BCUT2D eigenvalue weighted by Gasteiger charge is -2.09. The van der Waals surface area contributed by atoms with E-state index >= 15 is 0 Å². The van der Waals surface area contributed by atoms with Crippen LogP contribution >= 0.6 is 0 Å². The highest BCUT2D eigenvalue weighted by Crippen LogP contribution is 2.12. The van der Waals surface area contributed by atoms with Crippen molar-refractivity contribution in [2.75, 3.05) is 7.05 Å². The molecule has 1 aliphatic heterocycles. The van der Waals surface area contributed by atoms with Gasteiger partial charge in [-0.2, -0.15) is 5.26 Å². The predicted molar refractivity (Wildman–Crippen MR) is 56.4 cm³/mol. The van der Waals surface area contributed by atoms with Gasteiger partial charge in [-0.25, -0.2) is 0 Å².